The second kappa shape index (κ2) is 5.93. The van der Waals surface area contributed by atoms with E-state index in [9.17, 15) is 14.7 Å². The van der Waals surface area contributed by atoms with E-state index in [1.54, 1.807) is 28.5 Å². The Bertz CT molecular complexity index is 1250. The molecule has 3 N–H and O–H groups in total. The maximum atomic E-state index is 12.3. The van der Waals surface area contributed by atoms with Crippen molar-refractivity contribution in [2.24, 2.45) is 11.7 Å². The number of carbonyl (C=O) groups is 2. The lowest BCUT2D eigenvalue weighted by Crippen LogP contribution is -2.41. The number of hydrogen-bond acceptors (Lipinski definition) is 4. The van der Waals surface area contributed by atoms with Gasteiger partial charge in [-0.05, 0) is 30.7 Å². The van der Waals surface area contributed by atoms with E-state index in [0.717, 1.165) is 12.0 Å². The predicted octanol–water partition coefficient (Wildman–Crippen LogP) is 1.04. The number of aliphatic hydroxyl groups is 1. The van der Waals surface area contributed by atoms with E-state index in [0.29, 0.717) is 16.9 Å². The third-order valence-corrected chi connectivity index (χ3v) is 5.74. The van der Waals surface area contributed by atoms with Crippen molar-refractivity contribution < 1.29 is 14.7 Å². The second-order valence-corrected chi connectivity index (χ2v) is 7.53. The summed E-state index contributed by atoms with van der Waals surface area (Å²) in [5.41, 5.74) is 6.07. The zero-order valence-corrected chi connectivity index (χ0v) is 15.7. The quantitative estimate of drug-likeness (QED) is 0.643. The Hall–Kier alpha value is -3.63. The van der Waals surface area contributed by atoms with Gasteiger partial charge in [0.05, 0.1) is 5.52 Å². The molecule has 7 nitrogen and oxygen atoms in total. The Morgan fingerprint density at radius 3 is 2.86 bits per heavy atom. The van der Waals surface area contributed by atoms with Gasteiger partial charge in [-0.2, -0.15) is 0 Å². The van der Waals surface area contributed by atoms with Crippen LogP contribution in [0, 0.1) is 17.8 Å². The van der Waals surface area contributed by atoms with Crippen molar-refractivity contribution in [3.8, 4) is 23.2 Å². The Morgan fingerprint density at radius 2 is 2.14 bits per heavy atom. The summed E-state index contributed by atoms with van der Waals surface area (Å²) in [4.78, 5) is 30.1. The van der Waals surface area contributed by atoms with Crippen molar-refractivity contribution in [2.45, 2.75) is 18.1 Å². The van der Waals surface area contributed by atoms with Crippen molar-refractivity contribution in [2.75, 3.05) is 7.05 Å². The second-order valence-electron chi connectivity index (χ2n) is 7.53. The van der Waals surface area contributed by atoms with E-state index in [2.05, 4.69) is 16.8 Å². The third kappa shape index (κ3) is 2.53. The van der Waals surface area contributed by atoms with Crippen LogP contribution in [0.1, 0.15) is 22.5 Å². The highest BCUT2D eigenvalue weighted by Gasteiger charge is 2.66. The molecule has 144 valence electrons. The van der Waals surface area contributed by atoms with Gasteiger partial charge in [0.1, 0.15) is 5.82 Å². The molecule has 3 aromatic rings. The van der Waals surface area contributed by atoms with Crippen LogP contribution < -0.4 is 5.73 Å². The first-order valence-corrected chi connectivity index (χ1v) is 9.30. The molecule has 1 aliphatic carbocycles. The maximum Gasteiger partial charge on any atom is 0.269 e. The number of benzene rings is 1. The molecule has 0 unspecified atom stereocenters. The molecule has 2 aromatic heterocycles. The monoisotopic (exact) mass is 386 g/mol. The number of nitrogens with zero attached hydrogens (tertiary/aromatic N) is 3. The minimum absolute atomic E-state index is 0.0941. The van der Waals surface area contributed by atoms with Crippen molar-refractivity contribution in [1.29, 1.82) is 0 Å². The van der Waals surface area contributed by atoms with Crippen LogP contribution in [0.5, 0.6) is 0 Å². The molecule has 5 rings (SSSR count). The first kappa shape index (κ1) is 17.5. The SMILES string of the molecule is CN1C(=O)[C@@](O)(C#Cc2cccc(-c3nc(C(N)=O)c4ccccn34)c2)[C@H]2C[C@H]21. The normalized spacial score (nSPS) is 24.9. The van der Waals surface area contributed by atoms with Gasteiger partial charge in [0.15, 0.2) is 5.69 Å². The summed E-state index contributed by atoms with van der Waals surface area (Å²) in [7, 11) is 1.70. The first-order chi connectivity index (χ1) is 13.9. The number of hydrogen-bond donors (Lipinski definition) is 2. The number of likely N-dealkylation sites (tertiary alicyclic amines) is 1. The van der Waals surface area contributed by atoms with Crippen LogP contribution in [-0.4, -0.2) is 49.9 Å². The number of primary amides is 1. The Balaban J connectivity index is 1.55. The van der Waals surface area contributed by atoms with Gasteiger partial charge >= 0.3 is 0 Å². The van der Waals surface area contributed by atoms with Gasteiger partial charge in [-0.15, -0.1) is 0 Å². The maximum absolute atomic E-state index is 12.3. The smallest absolute Gasteiger partial charge is 0.269 e. The molecule has 3 heterocycles. The largest absolute Gasteiger partial charge is 0.369 e. The lowest BCUT2D eigenvalue weighted by molar-refractivity contribution is -0.140. The standard InChI is InChI=1S/C22H18N4O3/c1-25-17-12-15(17)22(29,21(25)28)9-8-13-5-4-6-14(11-13)20-24-18(19(23)27)16-7-2-3-10-26(16)20/h2-7,10-11,15,17,29H,12H2,1H3,(H2,23,27)/t15-,17+,22+/m0/s1. The molecular formula is C22H18N4O3. The van der Waals surface area contributed by atoms with Gasteiger partial charge in [0.2, 0.25) is 5.60 Å². The molecule has 2 aliphatic rings. The van der Waals surface area contributed by atoms with E-state index in [4.69, 9.17) is 5.73 Å². The van der Waals surface area contributed by atoms with E-state index in [-0.39, 0.29) is 23.6 Å². The molecule has 3 atom stereocenters. The summed E-state index contributed by atoms with van der Waals surface area (Å²) in [5, 5.41) is 10.8. The Kier molecular flexibility index (Phi) is 3.57. The fourth-order valence-electron chi connectivity index (χ4n) is 4.11. The third-order valence-electron chi connectivity index (χ3n) is 5.74. The van der Waals surface area contributed by atoms with Crippen LogP contribution in [0.25, 0.3) is 16.9 Å². The molecular weight excluding hydrogens is 368 g/mol. The summed E-state index contributed by atoms with van der Waals surface area (Å²) in [6, 6.07) is 12.8. The van der Waals surface area contributed by atoms with Gasteiger partial charge in [-0.1, -0.05) is 30.0 Å². The number of nitrogens with two attached hydrogens (primary N) is 1. The first-order valence-electron chi connectivity index (χ1n) is 9.30. The zero-order valence-electron chi connectivity index (χ0n) is 15.7. The number of likely N-dealkylation sites (N-methyl/N-ethyl adjacent to an activating group) is 1. The molecule has 7 heteroatoms. The Morgan fingerprint density at radius 1 is 1.31 bits per heavy atom. The molecule has 0 bridgehead atoms. The molecule has 0 radical (unpaired) electrons. The van der Waals surface area contributed by atoms with Gasteiger partial charge in [-0.25, -0.2) is 4.98 Å². The van der Waals surface area contributed by atoms with Crippen molar-refractivity contribution in [3.05, 3.63) is 59.9 Å². The number of pyridine rings is 1. The van der Waals surface area contributed by atoms with Crippen LogP contribution >= 0.6 is 0 Å². The van der Waals surface area contributed by atoms with Crippen LogP contribution in [0.15, 0.2) is 48.7 Å². The molecule has 2 fully saturated rings. The molecule has 1 aliphatic heterocycles. The van der Waals surface area contributed by atoms with Gasteiger partial charge in [0.25, 0.3) is 11.8 Å². The minimum atomic E-state index is -1.62. The molecule has 1 saturated carbocycles. The fraction of sp³-hybridized carbons (Fsp3) is 0.227. The van der Waals surface area contributed by atoms with E-state index in [1.807, 2.05) is 36.5 Å². The number of fused-ring (bicyclic) bond motifs is 2. The summed E-state index contributed by atoms with van der Waals surface area (Å²) < 4.78 is 1.80. The highest BCUT2D eigenvalue weighted by atomic mass is 16.3. The number of aromatic nitrogens is 2. The van der Waals surface area contributed by atoms with E-state index >= 15 is 0 Å². The summed E-state index contributed by atoms with van der Waals surface area (Å²) in [5.74, 6) is 5.25. The lowest BCUT2D eigenvalue weighted by Gasteiger charge is -2.18. The molecule has 29 heavy (non-hydrogen) atoms. The molecule has 1 aromatic carbocycles. The number of amides is 2. The number of piperidine rings is 1. The van der Waals surface area contributed by atoms with Crippen LogP contribution in [0.3, 0.4) is 0 Å². The number of carbonyl (C=O) groups excluding carboxylic acids is 2. The summed E-state index contributed by atoms with van der Waals surface area (Å²) in [6.07, 6.45) is 2.59. The number of rotatable bonds is 2. The van der Waals surface area contributed by atoms with Crippen LogP contribution in [0.2, 0.25) is 0 Å². The van der Waals surface area contributed by atoms with Gasteiger partial charge in [0, 0.05) is 36.3 Å². The van der Waals surface area contributed by atoms with Crippen molar-refractivity contribution in [3.63, 3.8) is 0 Å². The van der Waals surface area contributed by atoms with Crippen LogP contribution in [-0.2, 0) is 4.79 Å². The molecule has 1 saturated heterocycles. The fourth-order valence-corrected chi connectivity index (χ4v) is 4.11. The van der Waals surface area contributed by atoms with Gasteiger partial charge < -0.3 is 15.7 Å². The average molecular weight is 386 g/mol. The van der Waals surface area contributed by atoms with E-state index in [1.165, 1.54) is 0 Å². The summed E-state index contributed by atoms with van der Waals surface area (Å²) >= 11 is 0. The lowest BCUT2D eigenvalue weighted by atomic mass is 9.98. The van der Waals surface area contributed by atoms with Crippen molar-refractivity contribution >= 4 is 17.3 Å². The summed E-state index contributed by atoms with van der Waals surface area (Å²) in [6.45, 7) is 0. The topological polar surface area (TPSA) is 101 Å². The van der Waals surface area contributed by atoms with E-state index < -0.39 is 11.5 Å². The highest BCUT2D eigenvalue weighted by Crippen LogP contribution is 2.50. The minimum Gasteiger partial charge on any atom is -0.369 e. The number of imidazole rings is 1. The van der Waals surface area contributed by atoms with Crippen LogP contribution in [0.4, 0.5) is 0 Å². The Labute approximate surface area is 166 Å². The van der Waals surface area contributed by atoms with Crippen molar-refractivity contribution in [1.82, 2.24) is 14.3 Å². The highest BCUT2D eigenvalue weighted by molar-refractivity contribution is 5.99. The van der Waals surface area contributed by atoms with Gasteiger partial charge in [-0.3, -0.25) is 14.0 Å². The predicted molar refractivity (Wildman–Crippen MR) is 106 cm³/mol. The average Bonchev–Trinajstić information content (AvgIpc) is 3.40. The molecule has 2 amide bonds. The zero-order chi connectivity index (χ0) is 20.3. The molecule has 0 spiro atoms.